The highest BCUT2D eigenvalue weighted by Gasteiger charge is 2.14. The van der Waals surface area contributed by atoms with Crippen LogP contribution in [0.15, 0.2) is 24.3 Å². The third-order valence-corrected chi connectivity index (χ3v) is 2.62. The maximum atomic E-state index is 11.6. The molecule has 0 unspecified atom stereocenters. The molecule has 16 heavy (non-hydrogen) atoms. The number of aldehydes is 1. The highest BCUT2D eigenvalue weighted by atomic mass is 16.5. The van der Waals surface area contributed by atoms with E-state index >= 15 is 0 Å². The van der Waals surface area contributed by atoms with Crippen molar-refractivity contribution in [3.05, 3.63) is 35.5 Å². The van der Waals surface area contributed by atoms with Gasteiger partial charge >= 0.3 is 5.97 Å². The normalized spacial score (nSPS) is 10.4. The topological polar surface area (TPSA) is 48.3 Å². The molecule has 0 saturated carbocycles. The summed E-state index contributed by atoms with van der Waals surface area (Å²) >= 11 is 0. The first kappa shape index (κ1) is 10.4. The number of para-hydroxylation sites is 1. The molecule has 0 atom stereocenters. The summed E-state index contributed by atoms with van der Waals surface area (Å²) in [6.45, 7) is 0. The number of hydrogen-bond acceptors (Lipinski definition) is 3. The van der Waals surface area contributed by atoms with Crippen LogP contribution >= 0.6 is 0 Å². The third kappa shape index (κ3) is 1.39. The Balaban J connectivity index is 2.80. The van der Waals surface area contributed by atoms with Gasteiger partial charge in [-0.2, -0.15) is 0 Å². The summed E-state index contributed by atoms with van der Waals surface area (Å²) in [4.78, 5) is 22.4. The molecular formula is C12H11NO3. The Bertz CT molecular complexity index is 569. The summed E-state index contributed by atoms with van der Waals surface area (Å²) in [5.74, 6) is -0.399. The van der Waals surface area contributed by atoms with Crippen molar-refractivity contribution in [2.24, 2.45) is 7.05 Å². The molecule has 0 bridgehead atoms. The smallest absolute Gasteiger partial charge is 0.340 e. The molecule has 82 valence electrons. The summed E-state index contributed by atoms with van der Waals surface area (Å²) in [6, 6.07) is 7.05. The molecule has 0 spiro atoms. The lowest BCUT2D eigenvalue weighted by atomic mass is 10.1. The number of fused-ring (bicyclic) bond motifs is 1. The Morgan fingerprint density at radius 3 is 2.81 bits per heavy atom. The van der Waals surface area contributed by atoms with Gasteiger partial charge in [-0.1, -0.05) is 12.1 Å². The Labute approximate surface area is 92.4 Å². The number of benzene rings is 1. The van der Waals surface area contributed by atoms with Crippen LogP contribution in [0.2, 0.25) is 0 Å². The molecule has 1 aromatic carbocycles. The van der Waals surface area contributed by atoms with Crippen molar-refractivity contribution in [1.82, 2.24) is 4.57 Å². The van der Waals surface area contributed by atoms with Gasteiger partial charge < -0.3 is 9.30 Å². The van der Waals surface area contributed by atoms with Gasteiger partial charge in [-0.3, -0.25) is 4.79 Å². The van der Waals surface area contributed by atoms with Crippen molar-refractivity contribution in [1.29, 1.82) is 0 Å². The molecule has 1 aromatic heterocycles. The van der Waals surface area contributed by atoms with Gasteiger partial charge in [0, 0.05) is 12.4 Å². The van der Waals surface area contributed by atoms with Gasteiger partial charge in [0.1, 0.15) is 0 Å². The van der Waals surface area contributed by atoms with Gasteiger partial charge in [-0.05, 0) is 12.1 Å². The summed E-state index contributed by atoms with van der Waals surface area (Å²) in [6.07, 6.45) is 0.765. The van der Waals surface area contributed by atoms with Crippen LogP contribution in [0.4, 0.5) is 0 Å². The molecule has 2 rings (SSSR count). The predicted molar refractivity (Wildman–Crippen MR) is 59.6 cm³/mol. The SMILES string of the molecule is COC(=O)c1cccc2cc(C=O)n(C)c12. The number of hydrogen-bond donors (Lipinski definition) is 0. The number of esters is 1. The molecule has 0 amide bonds. The minimum atomic E-state index is -0.399. The number of aromatic nitrogens is 1. The van der Waals surface area contributed by atoms with Gasteiger partial charge in [0.15, 0.2) is 6.29 Å². The number of ether oxygens (including phenoxy) is 1. The van der Waals surface area contributed by atoms with E-state index in [1.165, 1.54) is 7.11 Å². The maximum Gasteiger partial charge on any atom is 0.340 e. The minimum Gasteiger partial charge on any atom is -0.465 e. The van der Waals surface area contributed by atoms with E-state index in [2.05, 4.69) is 0 Å². The highest BCUT2D eigenvalue weighted by molar-refractivity contribution is 6.04. The minimum absolute atomic E-state index is 0.399. The molecular weight excluding hydrogens is 206 g/mol. The van der Waals surface area contributed by atoms with E-state index in [1.54, 1.807) is 29.8 Å². The fourth-order valence-corrected chi connectivity index (χ4v) is 1.83. The Morgan fingerprint density at radius 2 is 2.19 bits per heavy atom. The van der Waals surface area contributed by atoms with Gasteiger partial charge in [0.2, 0.25) is 0 Å². The molecule has 0 saturated heterocycles. The number of carbonyl (C=O) groups is 2. The van der Waals surface area contributed by atoms with Crippen molar-refractivity contribution < 1.29 is 14.3 Å². The molecule has 4 nitrogen and oxygen atoms in total. The highest BCUT2D eigenvalue weighted by Crippen LogP contribution is 2.22. The van der Waals surface area contributed by atoms with E-state index in [4.69, 9.17) is 4.74 Å². The molecule has 0 aliphatic heterocycles. The average molecular weight is 217 g/mol. The van der Waals surface area contributed by atoms with Crippen LogP contribution in [0.25, 0.3) is 10.9 Å². The Morgan fingerprint density at radius 1 is 1.44 bits per heavy atom. The van der Waals surface area contributed by atoms with Crippen LogP contribution in [-0.2, 0) is 11.8 Å². The van der Waals surface area contributed by atoms with E-state index in [-0.39, 0.29) is 0 Å². The summed E-state index contributed by atoms with van der Waals surface area (Å²) in [5.41, 5.74) is 1.72. The number of carbonyl (C=O) groups excluding carboxylic acids is 2. The van der Waals surface area contributed by atoms with Gasteiger partial charge in [0.05, 0.1) is 23.9 Å². The predicted octanol–water partition coefficient (Wildman–Crippen LogP) is 1.78. The molecule has 4 heteroatoms. The van der Waals surface area contributed by atoms with E-state index < -0.39 is 5.97 Å². The first-order chi connectivity index (χ1) is 7.69. The van der Waals surface area contributed by atoms with Gasteiger partial charge in [0.25, 0.3) is 0 Å². The third-order valence-electron chi connectivity index (χ3n) is 2.62. The van der Waals surface area contributed by atoms with E-state index in [0.29, 0.717) is 11.3 Å². The molecule has 2 aromatic rings. The van der Waals surface area contributed by atoms with Crippen LogP contribution in [0, 0.1) is 0 Å². The average Bonchev–Trinajstić information content (AvgIpc) is 2.65. The second-order valence-corrected chi connectivity index (χ2v) is 3.48. The summed E-state index contributed by atoms with van der Waals surface area (Å²) < 4.78 is 6.39. The Hall–Kier alpha value is -2.10. The molecule has 0 fully saturated rings. The van der Waals surface area contributed by atoms with Crippen LogP contribution in [0.1, 0.15) is 20.8 Å². The van der Waals surface area contributed by atoms with Gasteiger partial charge in [-0.15, -0.1) is 0 Å². The zero-order chi connectivity index (χ0) is 11.7. The number of nitrogens with zero attached hydrogens (tertiary/aromatic N) is 1. The van der Waals surface area contributed by atoms with Crippen molar-refractivity contribution >= 4 is 23.2 Å². The second-order valence-electron chi connectivity index (χ2n) is 3.48. The zero-order valence-corrected chi connectivity index (χ0v) is 9.06. The lowest BCUT2D eigenvalue weighted by Gasteiger charge is -2.04. The molecule has 0 aliphatic rings. The van der Waals surface area contributed by atoms with E-state index in [9.17, 15) is 9.59 Å². The van der Waals surface area contributed by atoms with Crippen molar-refractivity contribution in [2.75, 3.05) is 7.11 Å². The number of rotatable bonds is 2. The molecule has 0 aliphatic carbocycles. The zero-order valence-electron chi connectivity index (χ0n) is 9.06. The summed E-state index contributed by atoms with van der Waals surface area (Å²) in [7, 11) is 3.09. The van der Waals surface area contributed by atoms with Crippen LogP contribution in [0.3, 0.4) is 0 Å². The van der Waals surface area contributed by atoms with Crippen molar-refractivity contribution in [3.63, 3.8) is 0 Å². The maximum absolute atomic E-state index is 11.6. The summed E-state index contributed by atoms with van der Waals surface area (Å²) in [5, 5.41) is 0.854. The lowest BCUT2D eigenvalue weighted by Crippen LogP contribution is -2.04. The van der Waals surface area contributed by atoms with Crippen LogP contribution in [-0.4, -0.2) is 23.9 Å². The molecule has 1 heterocycles. The van der Waals surface area contributed by atoms with Crippen LogP contribution < -0.4 is 0 Å². The van der Waals surface area contributed by atoms with E-state index in [1.807, 2.05) is 6.07 Å². The fraction of sp³-hybridized carbons (Fsp3) is 0.167. The quantitative estimate of drug-likeness (QED) is 0.569. The first-order valence-corrected chi connectivity index (χ1v) is 4.81. The lowest BCUT2D eigenvalue weighted by molar-refractivity contribution is 0.0602. The van der Waals surface area contributed by atoms with Crippen molar-refractivity contribution in [3.8, 4) is 0 Å². The number of methoxy groups -OCH3 is 1. The van der Waals surface area contributed by atoms with Gasteiger partial charge in [-0.25, -0.2) is 4.79 Å². The molecule has 0 radical (unpaired) electrons. The number of aryl methyl sites for hydroxylation is 1. The standard InChI is InChI=1S/C12H11NO3/c1-13-9(7-14)6-8-4-3-5-10(11(8)13)12(15)16-2/h3-7H,1-2H3. The first-order valence-electron chi connectivity index (χ1n) is 4.81. The second kappa shape index (κ2) is 3.81. The Kier molecular flexibility index (Phi) is 2.48. The fourth-order valence-electron chi connectivity index (χ4n) is 1.83. The molecule has 0 N–H and O–H groups in total. The van der Waals surface area contributed by atoms with Crippen LogP contribution in [0.5, 0.6) is 0 Å². The van der Waals surface area contributed by atoms with Crippen molar-refractivity contribution in [2.45, 2.75) is 0 Å². The largest absolute Gasteiger partial charge is 0.465 e. The van der Waals surface area contributed by atoms with E-state index in [0.717, 1.165) is 17.2 Å². The monoisotopic (exact) mass is 217 g/mol.